The minimum absolute atomic E-state index is 0.0392. The van der Waals surface area contributed by atoms with Gasteiger partial charge in [0.15, 0.2) is 0 Å². The van der Waals surface area contributed by atoms with Crippen LogP contribution in [0, 0.1) is 6.92 Å². The van der Waals surface area contributed by atoms with E-state index in [1.54, 1.807) is 11.0 Å². The molecule has 0 aliphatic carbocycles. The van der Waals surface area contributed by atoms with Crippen LogP contribution in [0.25, 0.3) is 0 Å². The molecule has 19 heavy (non-hydrogen) atoms. The number of likely N-dealkylation sites (tertiary alicyclic amines) is 1. The molecule has 0 spiro atoms. The third-order valence-electron chi connectivity index (χ3n) is 3.56. The summed E-state index contributed by atoms with van der Waals surface area (Å²) >= 11 is 0. The van der Waals surface area contributed by atoms with Crippen molar-refractivity contribution in [3.8, 4) is 0 Å². The number of piperidine rings is 1. The molecule has 1 N–H and O–H groups in total. The zero-order valence-corrected chi connectivity index (χ0v) is 11.1. The minimum atomic E-state index is -0.839. The van der Waals surface area contributed by atoms with Gasteiger partial charge in [0.1, 0.15) is 0 Å². The van der Waals surface area contributed by atoms with E-state index in [0.717, 1.165) is 24.8 Å². The summed E-state index contributed by atoms with van der Waals surface area (Å²) in [6, 6.07) is 7.29. The highest BCUT2D eigenvalue weighted by Gasteiger charge is 2.28. The number of nitrogens with zero attached hydrogens (tertiary/aromatic N) is 1. The Morgan fingerprint density at radius 3 is 2.84 bits per heavy atom. The monoisotopic (exact) mass is 261 g/mol. The molecule has 0 aromatic heterocycles. The van der Waals surface area contributed by atoms with E-state index in [1.165, 1.54) is 0 Å². The molecule has 0 saturated carbocycles. The molecule has 4 nitrogen and oxygen atoms in total. The molecule has 1 heterocycles. The van der Waals surface area contributed by atoms with E-state index in [2.05, 4.69) is 0 Å². The van der Waals surface area contributed by atoms with Gasteiger partial charge in [0, 0.05) is 18.2 Å². The van der Waals surface area contributed by atoms with Crippen LogP contribution >= 0.6 is 0 Å². The van der Waals surface area contributed by atoms with Crippen molar-refractivity contribution >= 4 is 11.9 Å². The molecule has 0 radical (unpaired) electrons. The maximum Gasteiger partial charge on any atom is 0.305 e. The largest absolute Gasteiger partial charge is 0.481 e. The van der Waals surface area contributed by atoms with Crippen LogP contribution in [-0.2, 0) is 4.79 Å². The number of aliphatic carboxylic acids is 1. The van der Waals surface area contributed by atoms with Crippen LogP contribution in [0.2, 0.25) is 0 Å². The summed E-state index contributed by atoms with van der Waals surface area (Å²) in [5, 5.41) is 8.94. The SMILES string of the molecule is Cc1cccc(C(=O)N2CCCCC2CC(=O)O)c1. The van der Waals surface area contributed by atoms with Crippen molar-refractivity contribution in [1.82, 2.24) is 4.90 Å². The summed E-state index contributed by atoms with van der Waals surface area (Å²) in [6.45, 7) is 2.60. The smallest absolute Gasteiger partial charge is 0.305 e. The van der Waals surface area contributed by atoms with E-state index in [1.807, 2.05) is 25.1 Å². The third-order valence-corrected chi connectivity index (χ3v) is 3.56. The summed E-state index contributed by atoms with van der Waals surface area (Å²) in [7, 11) is 0. The van der Waals surface area contributed by atoms with E-state index in [4.69, 9.17) is 5.11 Å². The maximum atomic E-state index is 12.5. The first-order chi connectivity index (χ1) is 9.08. The molecule has 102 valence electrons. The Morgan fingerprint density at radius 2 is 2.16 bits per heavy atom. The van der Waals surface area contributed by atoms with Crippen LogP contribution in [0.3, 0.4) is 0 Å². The van der Waals surface area contributed by atoms with Gasteiger partial charge in [-0.3, -0.25) is 9.59 Å². The number of hydrogen-bond acceptors (Lipinski definition) is 2. The topological polar surface area (TPSA) is 57.6 Å². The van der Waals surface area contributed by atoms with Crippen molar-refractivity contribution in [3.63, 3.8) is 0 Å². The van der Waals surface area contributed by atoms with Crippen molar-refractivity contribution in [2.45, 2.75) is 38.6 Å². The molecule has 2 rings (SSSR count). The highest BCUT2D eigenvalue weighted by Crippen LogP contribution is 2.22. The van der Waals surface area contributed by atoms with Gasteiger partial charge in [0.05, 0.1) is 6.42 Å². The van der Waals surface area contributed by atoms with Gasteiger partial charge in [0.25, 0.3) is 5.91 Å². The molecule has 1 atom stereocenters. The van der Waals surface area contributed by atoms with Crippen LogP contribution in [0.4, 0.5) is 0 Å². The lowest BCUT2D eigenvalue weighted by Crippen LogP contribution is -2.44. The molecular formula is C15H19NO3. The molecule has 1 aliphatic rings. The van der Waals surface area contributed by atoms with E-state index in [-0.39, 0.29) is 18.4 Å². The Hall–Kier alpha value is -1.84. The molecule has 4 heteroatoms. The lowest BCUT2D eigenvalue weighted by Gasteiger charge is -2.35. The van der Waals surface area contributed by atoms with Gasteiger partial charge < -0.3 is 10.0 Å². The van der Waals surface area contributed by atoms with Gasteiger partial charge in [-0.1, -0.05) is 17.7 Å². The average molecular weight is 261 g/mol. The van der Waals surface area contributed by atoms with Gasteiger partial charge >= 0.3 is 5.97 Å². The quantitative estimate of drug-likeness (QED) is 0.909. The Labute approximate surface area is 113 Å². The van der Waals surface area contributed by atoms with E-state index >= 15 is 0 Å². The highest BCUT2D eigenvalue weighted by molar-refractivity contribution is 5.94. The maximum absolute atomic E-state index is 12.5. The summed E-state index contributed by atoms with van der Waals surface area (Å²) < 4.78 is 0. The first-order valence-electron chi connectivity index (χ1n) is 6.67. The van der Waals surface area contributed by atoms with Crippen molar-refractivity contribution in [2.24, 2.45) is 0 Å². The lowest BCUT2D eigenvalue weighted by atomic mass is 9.98. The number of amides is 1. The third kappa shape index (κ3) is 3.34. The molecule has 1 saturated heterocycles. The fourth-order valence-electron chi connectivity index (χ4n) is 2.63. The number of rotatable bonds is 3. The van der Waals surface area contributed by atoms with E-state index in [9.17, 15) is 9.59 Å². The Morgan fingerprint density at radius 1 is 1.37 bits per heavy atom. The van der Waals surface area contributed by atoms with E-state index < -0.39 is 5.97 Å². The molecule has 1 aromatic rings. The van der Waals surface area contributed by atoms with Crippen LogP contribution in [-0.4, -0.2) is 34.5 Å². The fraction of sp³-hybridized carbons (Fsp3) is 0.467. The zero-order chi connectivity index (χ0) is 13.8. The van der Waals surface area contributed by atoms with Gasteiger partial charge in [-0.2, -0.15) is 0 Å². The normalized spacial score (nSPS) is 19.2. The Balaban J connectivity index is 2.17. The molecule has 0 bridgehead atoms. The second-order valence-corrected chi connectivity index (χ2v) is 5.12. The molecule has 1 fully saturated rings. The van der Waals surface area contributed by atoms with Gasteiger partial charge in [-0.15, -0.1) is 0 Å². The van der Waals surface area contributed by atoms with Crippen LogP contribution in [0.15, 0.2) is 24.3 Å². The number of carboxylic acids is 1. The number of carboxylic acid groups (broad SMARTS) is 1. The predicted molar refractivity (Wildman–Crippen MR) is 72.1 cm³/mol. The molecule has 1 unspecified atom stereocenters. The van der Waals surface area contributed by atoms with Crippen molar-refractivity contribution in [3.05, 3.63) is 35.4 Å². The van der Waals surface area contributed by atoms with E-state index in [0.29, 0.717) is 12.1 Å². The number of aryl methyl sites for hydroxylation is 1. The highest BCUT2D eigenvalue weighted by atomic mass is 16.4. The number of carbonyl (C=O) groups is 2. The Kier molecular flexibility index (Phi) is 4.20. The summed E-state index contributed by atoms with van der Waals surface area (Å²) in [6.07, 6.45) is 2.77. The van der Waals surface area contributed by atoms with Gasteiger partial charge in [-0.05, 0) is 38.3 Å². The molecule has 1 aliphatic heterocycles. The minimum Gasteiger partial charge on any atom is -0.481 e. The fourth-order valence-corrected chi connectivity index (χ4v) is 2.63. The van der Waals surface area contributed by atoms with Crippen LogP contribution in [0.1, 0.15) is 41.6 Å². The summed E-state index contributed by atoms with van der Waals surface area (Å²) in [4.78, 5) is 25.1. The average Bonchev–Trinajstić information content (AvgIpc) is 2.38. The van der Waals surface area contributed by atoms with Gasteiger partial charge in [0.2, 0.25) is 0 Å². The number of benzene rings is 1. The zero-order valence-electron chi connectivity index (χ0n) is 11.1. The molecular weight excluding hydrogens is 242 g/mol. The summed E-state index contributed by atoms with van der Waals surface area (Å²) in [5.41, 5.74) is 1.69. The van der Waals surface area contributed by atoms with Crippen molar-refractivity contribution in [2.75, 3.05) is 6.54 Å². The first-order valence-corrected chi connectivity index (χ1v) is 6.67. The standard InChI is InChI=1S/C15H19NO3/c1-11-5-4-6-12(9-11)15(19)16-8-3-2-7-13(16)10-14(17)18/h4-6,9,13H,2-3,7-8,10H2,1H3,(H,17,18). The first kappa shape index (κ1) is 13.6. The van der Waals surface area contributed by atoms with Crippen LogP contribution in [0.5, 0.6) is 0 Å². The van der Waals surface area contributed by atoms with Crippen LogP contribution < -0.4 is 0 Å². The Bertz CT molecular complexity index is 484. The molecule has 1 amide bonds. The number of hydrogen-bond donors (Lipinski definition) is 1. The van der Waals surface area contributed by atoms with Gasteiger partial charge in [-0.25, -0.2) is 0 Å². The summed E-state index contributed by atoms with van der Waals surface area (Å²) in [5.74, 6) is -0.886. The number of carbonyl (C=O) groups excluding carboxylic acids is 1. The second-order valence-electron chi connectivity index (χ2n) is 5.12. The molecule has 1 aromatic carbocycles. The second kappa shape index (κ2) is 5.87. The van der Waals surface area contributed by atoms with Crippen molar-refractivity contribution in [1.29, 1.82) is 0 Å². The van der Waals surface area contributed by atoms with Crippen molar-refractivity contribution < 1.29 is 14.7 Å². The predicted octanol–water partition coefficient (Wildman–Crippen LogP) is 2.46. The lowest BCUT2D eigenvalue weighted by molar-refractivity contribution is -0.138.